The van der Waals surface area contributed by atoms with Crippen LogP contribution in [-0.4, -0.2) is 18.3 Å². The quantitative estimate of drug-likeness (QED) is 0.627. The minimum absolute atomic E-state index is 0.0700. The van der Waals surface area contributed by atoms with Gasteiger partial charge in [0.2, 0.25) is 0 Å². The number of aryl methyl sites for hydroxylation is 2. The predicted molar refractivity (Wildman–Crippen MR) is 102 cm³/mol. The summed E-state index contributed by atoms with van der Waals surface area (Å²) in [6.45, 7) is 6.15. The topological polar surface area (TPSA) is 63.1 Å². The molecule has 0 saturated carbocycles. The number of hydrogen-bond acceptors (Lipinski definition) is 3. The van der Waals surface area contributed by atoms with Crippen molar-refractivity contribution in [2.24, 2.45) is 5.73 Å². The molecule has 0 amide bonds. The van der Waals surface area contributed by atoms with Crippen LogP contribution in [0, 0.1) is 19.7 Å². The van der Waals surface area contributed by atoms with Crippen molar-refractivity contribution in [2.75, 3.05) is 13.3 Å². The van der Waals surface area contributed by atoms with Crippen LogP contribution in [0.4, 0.5) is 4.39 Å². The summed E-state index contributed by atoms with van der Waals surface area (Å²) in [5.41, 5.74) is 13.7. The van der Waals surface area contributed by atoms with E-state index in [4.69, 9.17) is 10.5 Å². The van der Waals surface area contributed by atoms with Crippen LogP contribution in [0.1, 0.15) is 27.9 Å². The molecule has 136 valence electrons. The van der Waals surface area contributed by atoms with Crippen molar-refractivity contribution >= 4 is 10.9 Å². The Hall–Kier alpha value is -2.21. The highest BCUT2D eigenvalue weighted by atomic mass is 19.1. The summed E-state index contributed by atoms with van der Waals surface area (Å²) < 4.78 is 20.3. The van der Waals surface area contributed by atoms with Crippen molar-refractivity contribution in [3.8, 4) is 11.1 Å². The van der Waals surface area contributed by atoms with E-state index >= 15 is 4.39 Å². The Kier molecular flexibility index (Phi) is 4.53. The standard InChI is InChI=1S/C21H24FN3O/c1-12-13(2)25-21-18(10-26-11-23)19(22)8-17(20(12)21)16-5-3-4-14-9-24-7-6-15(14)16/h3-5,8,24-25H,6-7,9-11,23H2,1-2H3. The summed E-state index contributed by atoms with van der Waals surface area (Å²) in [7, 11) is 0. The van der Waals surface area contributed by atoms with E-state index in [-0.39, 0.29) is 19.2 Å². The summed E-state index contributed by atoms with van der Waals surface area (Å²) in [5, 5.41) is 4.48. The van der Waals surface area contributed by atoms with Gasteiger partial charge in [0.05, 0.1) is 18.9 Å². The lowest BCUT2D eigenvalue weighted by atomic mass is 9.88. The van der Waals surface area contributed by atoms with Crippen LogP contribution in [0.25, 0.3) is 22.0 Å². The Morgan fingerprint density at radius 3 is 2.88 bits per heavy atom. The largest absolute Gasteiger partial charge is 0.362 e. The normalized spacial score (nSPS) is 14.0. The molecule has 4 rings (SSSR count). The summed E-state index contributed by atoms with van der Waals surface area (Å²) in [5.74, 6) is -0.256. The maximum Gasteiger partial charge on any atom is 0.131 e. The molecule has 5 heteroatoms. The van der Waals surface area contributed by atoms with E-state index in [1.807, 2.05) is 6.92 Å². The van der Waals surface area contributed by atoms with Crippen LogP contribution < -0.4 is 11.1 Å². The van der Waals surface area contributed by atoms with Gasteiger partial charge in [-0.2, -0.15) is 0 Å². The van der Waals surface area contributed by atoms with Gasteiger partial charge >= 0.3 is 0 Å². The van der Waals surface area contributed by atoms with E-state index in [2.05, 4.69) is 35.4 Å². The third kappa shape index (κ3) is 2.72. The maximum absolute atomic E-state index is 15.0. The Morgan fingerprint density at radius 1 is 1.23 bits per heavy atom. The van der Waals surface area contributed by atoms with Gasteiger partial charge in [-0.25, -0.2) is 4.39 Å². The average Bonchev–Trinajstić information content (AvgIpc) is 2.95. The first-order valence-corrected chi connectivity index (χ1v) is 9.01. The average molecular weight is 353 g/mol. The van der Waals surface area contributed by atoms with Gasteiger partial charge in [0.1, 0.15) is 5.82 Å². The lowest BCUT2D eigenvalue weighted by Crippen LogP contribution is -2.24. The third-order valence-corrected chi connectivity index (χ3v) is 5.43. The van der Waals surface area contributed by atoms with Crippen molar-refractivity contribution in [1.82, 2.24) is 10.3 Å². The van der Waals surface area contributed by atoms with Crippen LogP contribution in [0.3, 0.4) is 0 Å². The number of hydrogen-bond donors (Lipinski definition) is 3. The number of ether oxygens (including phenoxy) is 1. The second-order valence-corrected chi connectivity index (χ2v) is 6.89. The summed E-state index contributed by atoms with van der Waals surface area (Å²) in [4.78, 5) is 3.36. The van der Waals surface area contributed by atoms with E-state index in [0.29, 0.717) is 5.56 Å². The maximum atomic E-state index is 15.0. The Balaban J connectivity index is 2.00. The molecule has 26 heavy (non-hydrogen) atoms. The van der Waals surface area contributed by atoms with Crippen molar-refractivity contribution in [3.63, 3.8) is 0 Å². The monoisotopic (exact) mass is 353 g/mol. The molecule has 0 aliphatic carbocycles. The number of nitrogens with two attached hydrogens (primary N) is 1. The number of aromatic amines is 1. The number of aromatic nitrogens is 1. The molecule has 0 bridgehead atoms. The number of nitrogens with one attached hydrogen (secondary N) is 2. The first kappa shape index (κ1) is 17.2. The minimum Gasteiger partial charge on any atom is -0.362 e. The van der Waals surface area contributed by atoms with Gasteiger partial charge in [-0.3, -0.25) is 0 Å². The van der Waals surface area contributed by atoms with Crippen molar-refractivity contribution in [3.05, 3.63) is 58.0 Å². The van der Waals surface area contributed by atoms with Gasteiger partial charge in [-0.05, 0) is 60.7 Å². The van der Waals surface area contributed by atoms with Crippen LogP contribution in [0.2, 0.25) is 0 Å². The zero-order valence-corrected chi connectivity index (χ0v) is 15.2. The van der Waals surface area contributed by atoms with Gasteiger partial charge in [0.15, 0.2) is 0 Å². The molecule has 0 unspecified atom stereocenters. The molecule has 2 aromatic carbocycles. The number of fused-ring (bicyclic) bond motifs is 2. The summed E-state index contributed by atoms with van der Waals surface area (Å²) >= 11 is 0. The Labute approximate surface area is 152 Å². The van der Waals surface area contributed by atoms with Crippen molar-refractivity contribution in [1.29, 1.82) is 0 Å². The third-order valence-electron chi connectivity index (χ3n) is 5.43. The second-order valence-electron chi connectivity index (χ2n) is 6.89. The molecule has 4 N–H and O–H groups in total. The van der Waals surface area contributed by atoms with Gasteiger partial charge in [0.25, 0.3) is 0 Å². The van der Waals surface area contributed by atoms with Gasteiger partial charge in [0, 0.05) is 23.2 Å². The minimum atomic E-state index is -0.256. The first-order chi connectivity index (χ1) is 12.6. The van der Waals surface area contributed by atoms with Gasteiger partial charge in [-0.15, -0.1) is 0 Å². The SMILES string of the molecule is Cc1[nH]c2c(COCN)c(F)cc(-c3cccc4c3CCNC4)c2c1C. The molecule has 0 saturated heterocycles. The highest BCUT2D eigenvalue weighted by Crippen LogP contribution is 2.39. The zero-order valence-electron chi connectivity index (χ0n) is 15.2. The van der Waals surface area contributed by atoms with Crippen molar-refractivity contribution < 1.29 is 9.13 Å². The molecule has 1 aromatic heterocycles. The fraction of sp³-hybridized carbons (Fsp3) is 0.333. The number of benzene rings is 2. The van der Waals surface area contributed by atoms with E-state index in [1.165, 1.54) is 11.1 Å². The van der Waals surface area contributed by atoms with E-state index in [1.54, 1.807) is 6.07 Å². The van der Waals surface area contributed by atoms with E-state index < -0.39 is 0 Å². The molecule has 1 aliphatic rings. The molecule has 2 heterocycles. The fourth-order valence-corrected chi connectivity index (χ4v) is 3.99. The molecule has 0 fully saturated rings. The summed E-state index contributed by atoms with van der Waals surface area (Å²) in [6.07, 6.45) is 0.953. The number of halogens is 1. The van der Waals surface area contributed by atoms with Crippen LogP contribution >= 0.6 is 0 Å². The fourth-order valence-electron chi connectivity index (χ4n) is 3.99. The van der Waals surface area contributed by atoms with E-state index in [9.17, 15) is 0 Å². The lowest BCUT2D eigenvalue weighted by molar-refractivity contribution is 0.126. The molecular weight excluding hydrogens is 329 g/mol. The molecule has 0 radical (unpaired) electrons. The van der Waals surface area contributed by atoms with Crippen LogP contribution in [0.5, 0.6) is 0 Å². The molecular formula is C21H24FN3O. The highest BCUT2D eigenvalue weighted by molar-refractivity contribution is 6.01. The Morgan fingerprint density at radius 2 is 2.08 bits per heavy atom. The van der Waals surface area contributed by atoms with Crippen molar-refractivity contribution in [2.45, 2.75) is 33.4 Å². The highest BCUT2D eigenvalue weighted by Gasteiger charge is 2.21. The molecule has 0 atom stereocenters. The van der Waals surface area contributed by atoms with Crippen LogP contribution in [-0.2, 0) is 24.3 Å². The van der Waals surface area contributed by atoms with Gasteiger partial charge < -0.3 is 20.8 Å². The zero-order chi connectivity index (χ0) is 18.3. The molecule has 1 aliphatic heterocycles. The second kappa shape index (κ2) is 6.83. The molecule has 4 nitrogen and oxygen atoms in total. The number of rotatable bonds is 4. The molecule has 0 spiro atoms. The first-order valence-electron chi connectivity index (χ1n) is 9.01. The smallest absolute Gasteiger partial charge is 0.131 e. The van der Waals surface area contributed by atoms with Crippen LogP contribution in [0.15, 0.2) is 24.3 Å². The van der Waals surface area contributed by atoms with E-state index in [0.717, 1.165) is 52.8 Å². The predicted octanol–water partition coefficient (Wildman–Crippen LogP) is 3.67. The summed E-state index contributed by atoms with van der Waals surface area (Å²) in [6, 6.07) is 7.98. The number of H-pyrrole nitrogens is 1. The lowest BCUT2D eigenvalue weighted by Gasteiger charge is -2.21. The Bertz CT molecular complexity index is 977. The molecule has 3 aromatic rings. The van der Waals surface area contributed by atoms with Gasteiger partial charge in [-0.1, -0.05) is 18.2 Å².